The van der Waals surface area contributed by atoms with E-state index in [4.69, 9.17) is 9.47 Å². The maximum absolute atomic E-state index is 11.5. The molecule has 0 aliphatic carbocycles. The molecule has 1 rings (SSSR count). The Labute approximate surface area is 93.0 Å². The van der Waals surface area contributed by atoms with Crippen LogP contribution < -0.4 is 0 Å². The number of thioether (sulfide) groups is 1. The van der Waals surface area contributed by atoms with Crippen molar-refractivity contribution in [3.05, 3.63) is 11.6 Å². The van der Waals surface area contributed by atoms with Gasteiger partial charge >= 0.3 is 5.97 Å². The second-order valence-corrected chi connectivity index (χ2v) is 4.40. The quantitative estimate of drug-likeness (QED) is 0.681. The molecule has 1 unspecified atom stereocenters. The molecule has 15 heavy (non-hydrogen) atoms. The molecule has 0 bridgehead atoms. The van der Waals surface area contributed by atoms with Gasteiger partial charge < -0.3 is 9.47 Å². The molecule has 1 aliphatic rings. The third-order valence-electron chi connectivity index (χ3n) is 1.86. The molecule has 4 nitrogen and oxygen atoms in total. The van der Waals surface area contributed by atoms with Gasteiger partial charge in [-0.2, -0.15) is 0 Å². The lowest BCUT2D eigenvalue weighted by atomic mass is 10.1. The largest absolute Gasteiger partial charge is 0.463 e. The van der Waals surface area contributed by atoms with Crippen molar-refractivity contribution in [2.24, 2.45) is 0 Å². The molecule has 1 heterocycles. The van der Waals surface area contributed by atoms with Gasteiger partial charge in [0.2, 0.25) is 0 Å². The van der Waals surface area contributed by atoms with Crippen molar-refractivity contribution in [1.29, 1.82) is 0 Å². The number of rotatable bonds is 3. The Bertz CT molecular complexity index is 285. The Morgan fingerprint density at radius 3 is 3.00 bits per heavy atom. The van der Waals surface area contributed by atoms with Crippen molar-refractivity contribution in [3.8, 4) is 0 Å². The first-order valence-corrected chi connectivity index (χ1v) is 5.65. The van der Waals surface area contributed by atoms with Gasteiger partial charge in [0.05, 0.1) is 30.6 Å². The molecule has 0 aromatic rings. The summed E-state index contributed by atoms with van der Waals surface area (Å²) < 4.78 is 10.1. The van der Waals surface area contributed by atoms with Gasteiger partial charge in [-0.1, -0.05) is 11.8 Å². The van der Waals surface area contributed by atoms with E-state index in [1.165, 1.54) is 6.92 Å². The molecule has 0 saturated heterocycles. The molecule has 84 valence electrons. The first-order chi connectivity index (χ1) is 7.15. The first kappa shape index (κ1) is 12.3. The van der Waals surface area contributed by atoms with Crippen LogP contribution in [-0.2, 0) is 19.1 Å². The van der Waals surface area contributed by atoms with Crippen LogP contribution in [0.4, 0.5) is 0 Å². The van der Waals surface area contributed by atoms with E-state index in [0.29, 0.717) is 25.4 Å². The van der Waals surface area contributed by atoms with Crippen LogP contribution in [-0.4, -0.2) is 36.2 Å². The second kappa shape index (κ2) is 5.92. The van der Waals surface area contributed by atoms with Crippen LogP contribution >= 0.6 is 11.8 Å². The Morgan fingerprint density at radius 2 is 2.40 bits per heavy atom. The monoisotopic (exact) mass is 230 g/mol. The molecule has 5 heteroatoms. The number of hydrogen-bond donors (Lipinski definition) is 0. The summed E-state index contributed by atoms with van der Waals surface area (Å²) in [6.45, 7) is 4.36. The Kier molecular flexibility index (Phi) is 4.84. The van der Waals surface area contributed by atoms with E-state index in [2.05, 4.69) is 0 Å². The topological polar surface area (TPSA) is 52.6 Å². The van der Waals surface area contributed by atoms with Gasteiger partial charge in [-0.25, -0.2) is 4.79 Å². The van der Waals surface area contributed by atoms with Crippen LogP contribution in [0.3, 0.4) is 0 Å². The summed E-state index contributed by atoms with van der Waals surface area (Å²) in [6, 6.07) is 0. The van der Waals surface area contributed by atoms with E-state index < -0.39 is 0 Å². The maximum atomic E-state index is 11.5. The van der Waals surface area contributed by atoms with Gasteiger partial charge in [0.15, 0.2) is 5.12 Å². The van der Waals surface area contributed by atoms with Crippen LogP contribution in [0.25, 0.3) is 0 Å². The minimum Gasteiger partial charge on any atom is -0.463 e. The highest BCUT2D eigenvalue weighted by Crippen LogP contribution is 2.24. The third kappa shape index (κ3) is 3.68. The lowest BCUT2D eigenvalue weighted by Gasteiger charge is -2.21. The van der Waals surface area contributed by atoms with Gasteiger partial charge in [0.25, 0.3) is 0 Å². The fraction of sp³-hybridized carbons (Fsp3) is 0.600. The number of esters is 1. The van der Waals surface area contributed by atoms with Gasteiger partial charge in [0, 0.05) is 6.92 Å². The van der Waals surface area contributed by atoms with Crippen molar-refractivity contribution in [1.82, 2.24) is 0 Å². The summed E-state index contributed by atoms with van der Waals surface area (Å²) in [4.78, 5) is 22.5. The van der Waals surface area contributed by atoms with Crippen LogP contribution in [0.15, 0.2) is 11.6 Å². The standard InChI is InChI=1S/C10H14O4S/c1-3-14-10(12)8-4-5-13-6-9(8)15-7(2)11/h4,9H,3,5-6H2,1-2H3. The highest BCUT2D eigenvalue weighted by Gasteiger charge is 2.26. The fourth-order valence-electron chi connectivity index (χ4n) is 1.27. The van der Waals surface area contributed by atoms with Crippen molar-refractivity contribution in [2.75, 3.05) is 19.8 Å². The van der Waals surface area contributed by atoms with Gasteiger partial charge in [-0.3, -0.25) is 4.79 Å². The Morgan fingerprint density at radius 1 is 1.67 bits per heavy atom. The Balaban J connectivity index is 2.68. The molecule has 1 aliphatic heterocycles. The summed E-state index contributed by atoms with van der Waals surface area (Å²) in [5.41, 5.74) is 0.545. The lowest BCUT2D eigenvalue weighted by molar-refractivity contribution is -0.138. The molecule has 0 aromatic heterocycles. The van der Waals surface area contributed by atoms with Crippen molar-refractivity contribution in [2.45, 2.75) is 19.1 Å². The molecule has 0 saturated carbocycles. The van der Waals surface area contributed by atoms with E-state index >= 15 is 0 Å². The summed E-state index contributed by atoms with van der Waals surface area (Å²) in [5.74, 6) is -0.348. The van der Waals surface area contributed by atoms with Crippen LogP contribution in [0.5, 0.6) is 0 Å². The van der Waals surface area contributed by atoms with Crippen molar-refractivity contribution >= 4 is 22.8 Å². The SMILES string of the molecule is CCOC(=O)C1=CCOCC1SC(C)=O. The zero-order valence-corrected chi connectivity index (χ0v) is 9.63. The summed E-state index contributed by atoms with van der Waals surface area (Å²) in [6.07, 6.45) is 1.68. The lowest BCUT2D eigenvalue weighted by Crippen LogP contribution is -2.27. The van der Waals surface area contributed by atoms with Crippen molar-refractivity contribution < 1.29 is 19.1 Å². The predicted molar refractivity (Wildman–Crippen MR) is 57.6 cm³/mol. The zero-order chi connectivity index (χ0) is 11.3. The summed E-state index contributed by atoms with van der Waals surface area (Å²) in [5, 5.41) is -0.254. The Hall–Kier alpha value is -0.810. The second-order valence-electron chi connectivity index (χ2n) is 3.02. The maximum Gasteiger partial charge on any atom is 0.335 e. The molecule has 0 N–H and O–H groups in total. The number of ether oxygens (including phenoxy) is 2. The average molecular weight is 230 g/mol. The van der Waals surface area contributed by atoms with E-state index in [0.717, 1.165) is 11.8 Å². The van der Waals surface area contributed by atoms with E-state index in [-0.39, 0.29) is 16.3 Å². The summed E-state index contributed by atoms with van der Waals surface area (Å²) in [7, 11) is 0. The number of carbonyl (C=O) groups is 2. The van der Waals surface area contributed by atoms with E-state index in [1.807, 2.05) is 0 Å². The smallest absolute Gasteiger partial charge is 0.335 e. The van der Waals surface area contributed by atoms with Crippen LogP contribution in [0.2, 0.25) is 0 Å². The van der Waals surface area contributed by atoms with Crippen molar-refractivity contribution in [3.63, 3.8) is 0 Å². The van der Waals surface area contributed by atoms with Gasteiger partial charge in [-0.15, -0.1) is 0 Å². The minimum absolute atomic E-state index is 0.0271. The third-order valence-corrected chi connectivity index (χ3v) is 2.86. The zero-order valence-electron chi connectivity index (χ0n) is 8.82. The molecule has 0 radical (unpaired) electrons. The highest BCUT2D eigenvalue weighted by molar-refractivity contribution is 8.14. The fourth-order valence-corrected chi connectivity index (χ4v) is 2.16. The predicted octanol–water partition coefficient (Wildman–Crippen LogP) is 1.15. The molecule has 0 amide bonds. The van der Waals surface area contributed by atoms with Gasteiger partial charge in [-0.05, 0) is 13.0 Å². The van der Waals surface area contributed by atoms with E-state index in [9.17, 15) is 9.59 Å². The van der Waals surface area contributed by atoms with Crippen LogP contribution in [0, 0.1) is 0 Å². The number of hydrogen-bond acceptors (Lipinski definition) is 5. The first-order valence-electron chi connectivity index (χ1n) is 4.77. The van der Waals surface area contributed by atoms with Gasteiger partial charge in [0.1, 0.15) is 0 Å². The minimum atomic E-state index is -0.348. The molecule has 0 spiro atoms. The molecule has 1 atom stereocenters. The normalized spacial score (nSPS) is 20.7. The molecular formula is C10H14O4S. The number of carbonyl (C=O) groups excluding carboxylic acids is 2. The molecule has 0 aromatic carbocycles. The molecule has 0 fully saturated rings. The molecular weight excluding hydrogens is 216 g/mol. The summed E-state index contributed by atoms with van der Waals surface area (Å²) >= 11 is 1.10. The van der Waals surface area contributed by atoms with Crippen LogP contribution in [0.1, 0.15) is 13.8 Å². The van der Waals surface area contributed by atoms with E-state index in [1.54, 1.807) is 13.0 Å². The highest BCUT2D eigenvalue weighted by atomic mass is 32.2. The average Bonchev–Trinajstić information content (AvgIpc) is 2.18.